The number of hydrogen-bond donors (Lipinski definition) is 3. The van der Waals surface area contributed by atoms with Gasteiger partial charge >= 0.3 is 13.5 Å². The van der Waals surface area contributed by atoms with Crippen molar-refractivity contribution >= 4 is 13.6 Å². The molecule has 2 unspecified atom stereocenters. The monoisotopic (exact) mass is 347 g/mol. The molecular formula is C12H18N3O7P. The minimum Gasteiger partial charge on any atom is -0.383 e. The summed E-state index contributed by atoms with van der Waals surface area (Å²) in [6.07, 6.45) is -0.814. The smallest absolute Gasteiger partial charge is 0.383 e. The molecule has 1 aromatic heterocycles. The van der Waals surface area contributed by atoms with E-state index >= 15 is 0 Å². The topological polar surface area (TPSA) is 146 Å². The van der Waals surface area contributed by atoms with Crippen LogP contribution in [0.4, 0.5) is 5.82 Å². The van der Waals surface area contributed by atoms with Gasteiger partial charge in [-0.3, -0.25) is 9.09 Å². The van der Waals surface area contributed by atoms with E-state index in [-0.39, 0.29) is 12.4 Å². The number of fused-ring (bicyclic) bond motifs is 2. The molecule has 0 aliphatic carbocycles. The van der Waals surface area contributed by atoms with Crippen LogP contribution in [0.15, 0.2) is 11.0 Å². The van der Waals surface area contributed by atoms with Crippen molar-refractivity contribution in [2.75, 3.05) is 12.3 Å². The van der Waals surface area contributed by atoms with Crippen LogP contribution in [0.5, 0.6) is 0 Å². The molecule has 4 atom stereocenters. The summed E-state index contributed by atoms with van der Waals surface area (Å²) >= 11 is 0. The molecule has 3 rings (SSSR count). The third-order valence-corrected chi connectivity index (χ3v) is 4.77. The molecule has 3 heterocycles. The standard InChI is InChI=1S/C12H18N3O7P/c1-3-12-5-20-7(8(12)22-23(17,18)19)10(21-12)15-4-6(2)9(13)14-11(15)16/h4,7-8,10H,3,5H2,1-2H3,(H2,13,14,16)(H2,17,18,19)/t7?,8?,10-,12+/m1/s1. The normalized spacial score (nSPS) is 33.3. The zero-order valence-electron chi connectivity index (χ0n) is 12.6. The van der Waals surface area contributed by atoms with E-state index in [1.807, 2.05) is 0 Å². The van der Waals surface area contributed by atoms with Crippen LogP contribution in [0.1, 0.15) is 25.1 Å². The summed E-state index contributed by atoms with van der Waals surface area (Å²) in [5, 5.41) is 0. The van der Waals surface area contributed by atoms with E-state index in [2.05, 4.69) is 4.98 Å². The van der Waals surface area contributed by atoms with Crippen molar-refractivity contribution in [2.45, 2.75) is 44.3 Å². The van der Waals surface area contributed by atoms with Crippen molar-refractivity contribution in [1.82, 2.24) is 9.55 Å². The lowest BCUT2D eigenvalue weighted by molar-refractivity contribution is -0.175. The first-order chi connectivity index (χ1) is 10.7. The number of phosphoric ester groups is 1. The van der Waals surface area contributed by atoms with Crippen LogP contribution in [0.25, 0.3) is 0 Å². The highest BCUT2D eigenvalue weighted by atomic mass is 31.2. The molecule has 0 spiro atoms. The number of aryl methyl sites for hydroxylation is 1. The summed E-state index contributed by atoms with van der Waals surface area (Å²) in [5.41, 5.74) is 4.53. The summed E-state index contributed by atoms with van der Waals surface area (Å²) < 4.78 is 28.8. The molecule has 2 fully saturated rings. The Morgan fingerprint density at radius 2 is 2.30 bits per heavy atom. The molecule has 0 aromatic carbocycles. The highest BCUT2D eigenvalue weighted by molar-refractivity contribution is 7.46. The summed E-state index contributed by atoms with van der Waals surface area (Å²) in [6, 6.07) is 0. The van der Waals surface area contributed by atoms with E-state index < -0.39 is 37.5 Å². The van der Waals surface area contributed by atoms with E-state index in [0.29, 0.717) is 12.0 Å². The quantitative estimate of drug-likeness (QED) is 0.624. The molecule has 1 aromatic rings. The molecule has 0 saturated carbocycles. The molecule has 4 N–H and O–H groups in total. The Morgan fingerprint density at radius 3 is 2.91 bits per heavy atom. The minimum atomic E-state index is -4.74. The van der Waals surface area contributed by atoms with Gasteiger partial charge in [-0.15, -0.1) is 0 Å². The Hall–Kier alpha value is -1.29. The first-order valence-electron chi connectivity index (χ1n) is 7.05. The first-order valence-corrected chi connectivity index (χ1v) is 8.58. The third kappa shape index (κ3) is 2.71. The maximum absolute atomic E-state index is 12.1. The zero-order chi connectivity index (χ0) is 17.0. The Kier molecular flexibility index (Phi) is 3.87. The largest absolute Gasteiger partial charge is 0.470 e. The van der Waals surface area contributed by atoms with Crippen LogP contribution >= 0.6 is 7.82 Å². The van der Waals surface area contributed by atoms with Crippen LogP contribution in [-0.2, 0) is 18.6 Å². The van der Waals surface area contributed by atoms with Gasteiger partial charge in [0.05, 0.1) is 6.61 Å². The molecule has 11 heteroatoms. The molecule has 128 valence electrons. The minimum absolute atomic E-state index is 0.114. The Labute approximate surface area is 131 Å². The Balaban J connectivity index is 2.00. The Morgan fingerprint density at radius 1 is 1.61 bits per heavy atom. The van der Waals surface area contributed by atoms with Gasteiger partial charge < -0.3 is 25.0 Å². The van der Waals surface area contributed by atoms with Gasteiger partial charge in [-0.2, -0.15) is 4.98 Å². The second-order valence-electron chi connectivity index (χ2n) is 5.72. The first kappa shape index (κ1) is 16.6. The van der Waals surface area contributed by atoms with Crippen LogP contribution in [-0.4, -0.2) is 43.8 Å². The van der Waals surface area contributed by atoms with Gasteiger partial charge in [0.1, 0.15) is 23.6 Å². The fourth-order valence-corrected chi connectivity index (χ4v) is 3.62. The number of rotatable bonds is 4. The average Bonchev–Trinajstić information content (AvgIpc) is 2.93. The van der Waals surface area contributed by atoms with Gasteiger partial charge in [0.25, 0.3) is 0 Å². The molecule has 23 heavy (non-hydrogen) atoms. The molecule has 0 radical (unpaired) electrons. The predicted octanol–water partition coefficient (Wildman–Crippen LogP) is -0.312. The van der Waals surface area contributed by atoms with Crippen LogP contribution in [0, 0.1) is 6.92 Å². The highest BCUT2D eigenvalue weighted by Crippen LogP contribution is 2.53. The van der Waals surface area contributed by atoms with Crippen molar-refractivity contribution in [2.24, 2.45) is 0 Å². The second-order valence-corrected chi connectivity index (χ2v) is 6.91. The van der Waals surface area contributed by atoms with E-state index in [1.165, 1.54) is 10.8 Å². The number of hydrogen-bond acceptors (Lipinski definition) is 7. The Bertz CT molecular complexity index is 732. The lowest BCUT2D eigenvalue weighted by Gasteiger charge is -2.30. The van der Waals surface area contributed by atoms with Gasteiger partial charge in [0.15, 0.2) is 6.23 Å². The molecule has 2 aliphatic rings. The third-order valence-electron chi connectivity index (χ3n) is 4.27. The van der Waals surface area contributed by atoms with Crippen molar-refractivity contribution in [3.63, 3.8) is 0 Å². The number of aromatic nitrogens is 2. The zero-order valence-corrected chi connectivity index (χ0v) is 13.5. The number of nitrogens with two attached hydrogens (primary N) is 1. The number of anilines is 1. The molecule has 2 bridgehead atoms. The predicted molar refractivity (Wildman–Crippen MR) is 77.4 cm³/mol. The van der Waals surface area contributed by atoms with E-state index in [1.54, 1.807) is 13.8 Å². The van der Waals surface area contributed by atoms with Crippen LogP contribution < -0.4 is 11.4 Å². The fourth-order valence-electron chi connectivity index (χ4n) is 3.01. The number of phosphoric acid groups is 1. The van der Waals surface area contributed by atoms with Crippen molar-refractivity contribution in [3.8, 4) is 0 Å². The SMILES string of the molecule is CC[C@]12COC(C1OP(=O)(O)O)[C@H](n1cc(C)c(N)nc1=O)O2. The van der Waals surface area contributed by atoms with Crippen molar-refractivity contribution in [1.29, 1.82) is 0 Å². The lowest BCUT2D eigenvalue weighted by Crippen LogP contribution is -2.41. The maximum Gasteiger partial charge on any atom is 0.470 e. The number of nitrogens with zero attached hydrogens (tertiary/aromatic N) is 2. The summed E-state index contributed by atoms with van der Waals surface area (Å²) in [5.74, 6) is 0.114. The van der Waals surface area contributed by atoms with Gasteiger partial charge in [0, 0.05) is 11.8 Å². The number of ether oxygens (including phenoxy) is 2. The average molecular weight is 347 g/mol. The molecule has 2 aliphatic heterocycles. The van der Waals surface area contributed by atoms with Crippen LogP contribution in [0.2, 0.25) is 0 Å². The van der Waals surface area contributed by atoms with Gasteiger partial charge in [-0.25, -0.2) is 9.36 Å². The molecular weight excluding hydrogens is 329 g/mol. The summed E-state index contributed by atoms with van der Waals surface area (Å²) in [7, 11) is -4.74. The van der Waals surface area contributed by atoms with Crippen molar-refractivity contribution in [3.05, 3.63) is 22.2 Å². The van der Waals surface area contributed by atoms with E-state index in [0.717, 1.165) is 0 Å². The summed E-state index contributed by atoms with van der Waals surface area (Å²) in [6.45, 7) is 3.61. The van der Waals surface area contributed by atoms with Gasteiger partial charge in [0.2, 0.25) is 0 Å². The number of nitrogen functional groups attached to an aromatic ring is 1. The molecule has 2 saturated heterocycles. The molecule has 0 amide bonds. The van der Waals surface area contributed by atoms with E-state index in [9.17, 15) is 9.36 Å². The van der Waals surface area contributed by atoms with E-state index in [4.69, 9.17) is 29.5 Å². The van der Waals surface area contributed by atoms with Crippen molar-refractivity contribution < 1.29 is 28.3 Å². The van der Waals surface area contributed by atoms with Crippen LogP contribution in [0.3, 0.4) is 0 Å². The van der Waals surface area contributed by atoms with Gasteiger partial charge in [-0.05, 0) is 13.3 Å². The summed E-state index contributed by atoms with van der Waals surface area (Å²) in [4.78, 5) is 34.0. The molecule has 10 nitrogen and oxygen atoms in total. The maximum atomic E-state index is 12.1. The lowest BCUT2D eigenvalue weighted by atomic mass is 9.96. The van der Waals surface area contributed by atoms with Gasteiger partial charge in [-0.1, -0.05) is 6.92 Å². The highest BCUT2D eigenvalue weighted by Gasteiger charge is 2.63. The fraction of sp³-hybridized carbons (Fsp3) is 0.667. The second kappa shape index (κ2) is 5.37.